The summed E-state index contributed by atoms with van der Waals surface area (Å²) in [6.45, 7) is 8.35. The van der Waals surface area contributed by atoms with Gasteiger partial charge < -0.3 is 14.8 Å². The van der Waals surface area contributed by atoms with Gasteiger partial charge in [-0.25, -0.2) is 14.4 Å². The fourth-order valence-electron chi connectivity index (χ4n) is 5.27. The lowest BCUT2D eigenvalue weighted by Crippen LogP contribution is -2.21. The van der Waals surface area contributed by atoms with E-state index in [1.54, 1.807) is 18.3 Å². The van der Waals surface area contributed by atoms with Crippen LogP contribution in [0, 0.1) is 5.82 Å². The third-order valence-electron chi connectivity index (χ3n) is 7.68. The van der Waals surface area contributed by atoms with Crippen LogP contribution < -0.4 is 10.6 Å². The number of aromatic amines is 2. The fourth-order valence-corrected chi connectivity index (χ4v) is 5.27. The molecule has 4 heterocycles. The first-order valence-electron chi connectivity index (χ1n) is 15.0. The molecular weight excluding hydrogens is 551 g/mol. The Morgan fingerprint density at radius 1 is 0.977 bits per heavy atom. The lowest BCUT2D eigenvalue weighted by molar-refractivity contribution is 0.400. The van der Waals surface area contributed by atoms with E-state index in [-0.39, 0.29) is 5.82 Å². The summed E-state index contributed by atoms with van der Waals surface area (Å²) in [6, 6.07) is 9.31. The number of nitrogens with one attached hydrogen (secondary N) is 2. The number of nitrogens with zero attached hydrogens (tertiary/aromatic N) is 6. The average Bonchev–Trinajstić information content (AvgIpc) is 3.58. The Kier molecular flexibility index (Phi) is 9.77. The van der Waals surface area contributed by atoms with Gasteiger partial charge in [0.1, 0.15) is 11.5 Å². The molecule has 0 fully saturated rings. The smallest absolute Gasteiger partial charge is 0.178 e. The highest BCUT2D eigenvalue weighted by Crippen LogP contribution is 2.29. The molecule has 0 saturated heterocycles. The Labute approximate surface area is 258 Å². The van der Waals surface area contributed by atoms with Gasteiger partial charge in [0.25, 0.3) is 0 Å². The van der Waals surface area contributed by atoms with Gasteiger partial charge in [0.15, 0.2) is 11.5 Å². The zero-order chi connectivity index (χ0) is 31.2. The first-order chi connectivity index (χ1) is 21.2. The molecule has 9 heteroatoms. The van der Waals surface area contributed by atoms with Crippen LogP contribution in [0.25, 0.3) is 52.0 Å². The Bertz CT molecular complexity index is 1880. The van der Waals surface area contributed by atoms with Crippen LogP contribution in [0.3, 0.4) is 0 Å². The molecule has 0 saturated carbocycles. The molecule has 0 spiro atoms. The molecule has 0 amide bonds. The molecular formula is C35H41FN8. The van der Waals surface area contributed by atoms with E-state index in [2.05, 4.69) is 68.6 Å². The Balaban J connectivity index is 1.40. The maximum absolute atomic E-state index is 14.7. The minimum absolute atomic E-state index is 0.255. The minimum atomic E-state index is -0.255. The first kappa shape index (κ1) is 31.0. The van der Waals surface area contributed by atoms with Crippen molar-refractivity contribution in [2.24, 2.45) is 0 Å². The van der Waals surface area contributed by atoms with E-state index in [1.807, 2.05) is 50.8 Å². The number of rotatable bonds is 12. The third-order valence-corrected chi connectivity index (χ3v) is 7.68. The van der Waals surface area contributed by atoms with Crippen LogP contribution in [0.15, 0.2) is 55.0 Å². The largest absolute Gasteiger partial charge is 0.335 e. The normalized spacial score (nSPS) is 12.7. The van der Waals surface area contributed by atoms with E-state index in [1.165, 1.54) is 5.56 Å². The standard InChI is InChI=1S/C35H41FN8/c1-23(28-18-26(21-37-22-28)10-8-16-44(5)6)11-12-31-24(2)32(42-41-31)35-39-33-30(13-14-38-34(33)40-35)27-17-25(19-29(36)20-27)9-7-15-43(3)4/h11-14,17-22,41H,2,7-10,15-16H2,1,3-6H3,(H,38,39,40)/b23-11+,31-12+. The lowest BCUT2D eigenvalue weighted by Gasteiger charge is -2.10. The first-order valence-corrected chi connectivity index (χ1v) is 15.0. The maximum atomic E-state index is 14.7. The molecule has 228 valence electrons. The molecule has 0 atom stereocenters. The number of aromatic nitrogens is 6. The molecule has 1 aromatic carbocycles. The van der Waals surface area contributed by atoms with Crippen molar-refractivity contribution in [1.82, 2.24) is 39.9 Å². The van der Waals surface area contributed by atoms with Gasteiger partial charge in [0, 0.05) is 29.4 Å². The third kappa shape index (κ3) is 7.53. The summed E-state index contributed by atoms with van der Waals surface area (Å²) in [5, 5.41) is 9.13. The number of halogens is 1. The molecule has 44 heavy (non-hydrogen) atoms. The minimum Gasteiger partial charge on any atom is -0.335 e. The highest BCUT2D eigenvalue weighted by molar-refractivity contribution is 5.91. The molecule has 8 nitrogen and oxygen atoms in total. The van der Waals surface area contributed by atoms with Crippen LogP contribution in [-0.2, 0) is 12.8 Å². The number of imidazole rings is 1. The molecule has 5 rings (SSSR count). The van der Waals surface area contributed by atoms with Gasteiger partial charge >= 0.3 is 0 Å². The Morgan fingerprint density at radius 2 is 1.73 bits per heavy atom. The van der Waals surface area contributed by atoms with Crippen molar-refractivity contribution in [3.63, 3.8) is 0 Å². The quantitative estimate of drug-likeness (QED) is 0.216. The van der Waals surface area contributed by atoms with Crippen molar-refractivity contribution < 1.29 is 4.39 Å². The van der Waals surface area contributed by atoms with Gasteiger partial charge in [-0.3, -0.25) is 10.1 Å². The number of fused-ring (bicyclic) bond motifs is 1. The number of allylic oxidation sites excluding steroid dienone is 2. The van der Waals surface area contributed by atoms with Crippen molar-refractivity contribution in [1.29, 1.82) is 0 Å². The van der Waals surface area contributed by atoms with Crippen molar-refractivity contribution in [2.45, 2.75) is 32.6 Å². The second kappa shape index (κ2) is 13.9. The van der Waals surface area contributed by atoms with E-state index in [0.717, 1.165) is 82.7 Å². The van der Waals surface area contributed by atoms with Crippen LogP contribution in [0.2, 0.25) is 0 Å². The van der Waals surface area contributed by atoms with Gasteiger partial charge in [0.2, 0.25) is 0 Å². The molecule has 0 bridgehead atoms. The van der Waals surface area contributed by atoms with Gasteiger partial charge in [-0.2, -0.15) is 5.10 Å². The van der Waals surface area contributed by atoms with E-state index < -0.39 is 0 Å². The van der Waals surface area contributed by atoms with Crippen molar-refractivity contribution in [3.8, 4) is 22.6 Å². The Morgan fingerprint density at radius 3 is 2.48 bits per heavy atom. The SMILES string of the molecule is C=c1c(-c2nc3nccc(-c4cc(F)cc(CCCN(C)C)c4)c3[nH]2)n[nH]/c1=C/C=C(\C)c1cncc(CCCN(C)C)c1. The van der Waals surface area contributed by atoms with Crippen molar-refractivity contribution in [2.75, 3.05) is 41.3 Å². The van der Waals surface area contributed by atoms with Crippen molar-refractivity contribution >= 4 is 29.4 Å². The number of hydrogen-bond donors (Lipinski definition) is 2. The average molecular weight is 593 g/mol. The number of benzene rings is 1. The summed E-state index contributed by atoms with van der Waals surface area (Å²) in [7, 11) is 8.27. The highest BCUT2D eigenvalue weighted by atomic mass is 19.1. The summed E-state index contributed by atoms with van der Waals surface area (Å²) in [6.07, 6.45) is 13.4. The molecule has 2 N–H and O–H groups in total. The van der Waals surface area contributed by atoms with Gasteiger partial charge in [-0.15, -0.1) is 0 Å². The monoisotopic (exact) mass is 592 g/mol. The zero-order valence-corrected chi connectivity index (χ0v) is 26.3. The van der Waals surface area contributed by atoms with Crippen molar-refractivity contribution in [3.05, 3.63) is 88.1 Å². The molecule has 0 aliphatic carbocycles. The molecule has 0 aliphatic heterocycles. The highest BCUT2D eigenvalue weighted by Gasteiger charge is 2.15. The van der Waals surface area contributed by atoms with Gasteiger partial charge in [-0.1, -0.05) is 18.7 Å². The second-order valence-electron chi connectivity index (χ2n) is 11.9. The van der Waals surface area contributed by atoms with Crippen LogP contribution in [0.4, 0.5) is 4.39 Å². The summed E-state index contributed by atoms with van der Waals surface area (Å²) >= 11 is 0. The van der Waals surface area contributed by atoms with E-state index in [0.29, 0.717) is 17.2 Å². The summed E-state index contributed by atoms with van der Waals surface area (Å²) < 4.78 is 14.7. The number of hydrogen-bond acceptors (Lipinski definition) is 6. The summed E-state index contributed by atoms with van der Waals surface area (Å²) in [4.78, 5) is 21.4. The predicted octanol–water partition coefficient (Wildman–Crippen LogP) is 4.83. The fraction of sp³-hybridized carbons (Fsp3) is 0.314. The number of aryl methyl sites for hydroxylation is 2. The molecule has 0 unspecified atom stereocenters. The number of pyridine rings is 2. The topological polar surface area (TPSA) is 89.6 Å². The van der Waals surface area contributed by atoms with Crippen LogP contribution in [0.5, 0.6) is 0 Å². The van der Waals surface area contributed by atoms with E-state index >= 15 is 0 Å². The van der Waals surface area contributed by atoms with E-state index in [9.17, 15) is 4.39 Å². The molecule has 0 radical (unpaired) electrons. The predicted molar refractivity (Wildman–Crippen MR) is 178 cm³/mol. The molecule has 5 aromatic rings. The maximum Gasteiger partial charge on any atom is 0.178 e. The van der Waals surface area contributed by atoms with Crippen LogP contribution in [0.1, 0.15) is 36.5 Å². The van der Waals surface area contributed by atoms with Gasteiger partial charge in [0.05, 0.1) is 10.9 Å². The molecule has 0 aliphatic rings. The zero-order valence-electron chi connectivity index (χ0n) is 26.3. The summed E-state index contributed by atoms with van der Waals surface area (Å²) in [5.74, 6) is 0.300. The lowest BCUT2D eigenvalue weighted by atomic mass is 10.0. The van der Waals surface area contributed by atoms with Crippen LogP contribution in [-0.4, -0.2) is 81.2 Å². The number of H-pyrrole nitrogens is 2. The molecule has 4 aromatic heterocycles. The van der Waals surface area contributed by atoms with E-state index in [4.69, 9.17) is 4.98 Å². The van der Waals surface area contributed by atoms with Crippen LogP contribution >= 0.6 is 0 Å². The second-order valence-corrected chi connectivity index (χ2v) is 11.9. The van der Waals surface area contributed by atoms with Gasteiger partial charge in [-0.05, 0) is 132 Å². The Hall–Kier alpha value is -4.47. The summed E-state index contributed by atoms with van der Waals surface area (Å²) in [5.41, 5.74) is 7.89.